The molecule has 2 N–H and O–H groups in total. The van der Waals surface area contributed by atoms with Gasteiger partial charge in [0, 0.05) is 38.5 Å². The van der Waals surface area contributed by atoms with Gasteiger partial charge in [0.15, 0.2) is 0 Å². The van der Waals surface area contributed by atoms with Crippen LogP contribution in [0.5, 0.6) is 0 Å². The molecule has 156 valence electrons. The number of aromatic nitrogens is 2. The second-order valence-electron chi connectivity index (χ2n) is 7.77. The van der Waals surface area contributed by atoms with Crippen molar-refractivity contribution >= 4 is 16.8 Å². The minimum absolute atomic E-state index is 0.0252. The standard InChI is InChI=1S/C23H25FN4O2/c24-17-7-5-16(6-8-17)15-28-13-11-18(12-14-28)25-22(29)10-9-21-26-20-4-2-1-3-19(20)23(30)27-21/h1-8,18H,9-15H2,(H,25,29)(H,26,27,30). The largest absolute Gasteiger partial charge is 0.353 e. The number of aryl methyl sites for hydroxylation is 1. The van der Waals surface area contributed by atoms with Crippen LogP contribution in [-0.2, 0) is 17.8 Å². The maximum Gasteiger partial charge on any atom is 0.258 e. The number of para-hydroxylation sites is 1. The third-order valence-corrected chi connectivity index (χ3v) is 5.52. The third kappa shape index (κ3) is 5.10. The lowest BCUT2D eigenvalue weighted by atomic mass is 10.0. The first-order valence-electron chi connectivity index (χ1n) is 10.3. The van der Waals surface area contributed by atoms with Crippen molar-refractivity contribution in [1.29, 1.82) is 0 Å². The Hall–Kier alpha value is -3.06. The molecule has 0 bridgehead atoms. The number of carbonyl (C=O) groups is 1. The summed E-state index contributed by atoms with van der Waals surface area (Å²) in [5.74, 6) is 0.286. The number of piperidine rings is 1. The first kappa shape index (κ1) is 20.2. The lowest BCUT2D eigenvalue weighted by Crippen LogP contribution is -2.44. The van der Waals surface area contributed by atoms with E-state index >= 15 is 0 Å². The van der Waals surface area contributed by atoms with E-state index in [0.717, 1.165) is 38.0 Å². The molecule has 1 fully saturated rings. The van der Waals surface area contributed by atoms with Crippen LogP contribution in [0.3, 0.4) is 0 Å². The molecule has 0 atom stereocenters. The highest BCUT2D eigenvalue weighted by Gasteiger charge is 2.20. The highest BCUT2D eigenvalue weighted by molar-refractivity contribution is 5.78. The van der Waals surface area contributed by atoms with Crippen molar-refractivity contribution in [3.63, 3.8) is 0 Å². The van der Waals surface area contributed by atoms with Crippen LogP contribution in [0.2, 0.25) is 0 Å². The van der Waals surface area contributed by atoms with Gasteiger partial charge >= 0.3 is 0 Å². The zero-order chi connectivity index (χ0) is 20.9. The van der Waals surface area contributed by atoms with Crippen molar-refractivity contribution in [2.24, 2.45) is 0 Å². The summed E-state index contributed by atoms with van der Waals surface area (Å²) < 4.78 is 13.0. The zero-order valence-electron chi connectivity index (χ0n) is 16.7. The molecular weight excluding hydrogens is 383 g/mol. The third-order valence-electron chi connectivity index (χ3n) is 5.52. The average Bonchev–Trinajstić information content (AvgIpc) is 2.75. The molecule has 1 amide bonds. The molecule has 1 aliphatic rings. The molecule has 0 saturated carbocycles. The fourth-order valence-corrected chi connectivity index (χ4v) is 3.87. The second-order valence-corrected chi connectivity index (χ2v) is 7.77. The number of aromatic amines is 1. The minimum atomic E-state index is -0.219. The summed E-state index contributed by atoms with van der Waals surface area (Å²) in [7, 11) is 0. The van der Waals surface area contributed by atoms with Crippen LogP contribution in [0, 0.1) is 5.82 Å². The number of nitrogens with zero attached hydrogens (tertiary/aromatic N) is 2. The van der Waals surface area contributed by atoms with E-state index in [0.29, 0.717) is 23.1 Å². The molecule has 1 aromatic heterocycles. The summed E-state index contributed by atoms with van der Waals surface area (Å²) >= 11 is 0. The lowest BCUT2D eigenvalue weighted by Gasteiger charge is -2.32. The lowest BCUT2D eigenvalue weighted by molar-refractivity contribution is -0.122. The van der Waals surface area contributed by atoms with E-state index < -0.39 is 0 Å². The van der Waals surface area contributed by atoms with Crippen molar-refractivity contribution in [2.45, 2.75) is 38.3 Å². The van der Waals surface area contributed by atoms with Crippen LogP contribution < -0.4 is 10.9 Å². The van der Waals surface area contributed by atoms with E-state index in [1.54, 1.807) is 18.2 Å². The summed E-state index contributed by atoms with van der Waals surface area (Å²) in [4.78, 5) is 34.0. The quantitative estimate of drug-likeness (QED) is 0.658. The fraction of sp³-hybridized carbons (Fsp3) is 0.348. The first-order chi connectivity index (χ1) is 14.6. The van der Waals surface area contributed by atoms with Gasteiger partial charge in [-0.05, 0) is 42.7 Å². The number of benzene rings is 2. The Balaban J connectivity index is 1.23. The molecule has 30 heavy (non-hydrogen) atoms. The molecule has 2 heterocycles. The van der Waals surface area contributed by atoms with Gasteiger partial charge in [-0.25, -0.2) is 9.37 Å². The molecule has 3 aromatic rings. The van der Waals surface area contributed by atoms with Crippen LogP contribution in [0.25, 0.3) is 10.9 Å². The van der Waals surface area contributed by atoms with Gasteiger partial charge in [-0.1, -0.05) is 24.3 Å². The van der Waals surface area contributed by atoms with Gasteiger partial charge in [0.25, 0.3) is 5.56 Å². The maximum atomic E-state index is 13.0. The minimum Gasteiger partial charge on any atom is -0.353 e. The Morgan fingerprint density at radius 1 is 1.13 bits per heavy atom. The van der Waals surface area contributed by atoms with Gasteiger partial charge in [0.1, 0.15) is 11.6 Å². The molecule has 1 aliphatic heterocycles. The van der Waals surface area contributed by atoms with Gasteiger partial charge < -0.3 is 10.3 Å². The number of rotatable bonds is 6. The Morgan fingerprint density at radius 2 is 1.87 bits per heavy atom. The molecule has 0 unspecified atom stereocenters. The van der Waals surface area contributed by atoms with Gasteiger partial charge in [-0.2, -0.15) is 0 Å². The molecule has 2 aromatic carbocycles. The number of H-pyrrole nitrogens is 1. The van der Waals surface area contributed by atoms with Gasteiger partial charge in [-0.15, -0.1) is 0 Å². The van der Waals surface area contributed by atoms with Crippen molar-refractivity contribution in [3.8, 4) is 0 Å². The monoisotopic (exact) mass is 408 g/mol. The van der Waals surface area contributed by atoms with Crippen LogP contribution in [0.15, 0.2) is 53.3 Å². The normalized spacial score (nSPS) is 15.4. The van der Waals surface area contributed by atoms with Crippen molar-refractivity contribution in [3.05, 3.63) is 76.1 Å². The zero-order valence-corrected chi connectivity index (χ0v) is 16.7. The predicted molar refractivity (Wildman–Crippen MR) is 114 cm³/mol. The number of fused-ring (bicyclic) bond motifs is 1. The van der Waals surface area contributed by atoms with Crippen LogP contribution in [0.1, 0.15) is 30.7 Å². The van der Waals surface area contributed by atoms with Gasteiger partial charge in [0.05, 0.1) is 10.9 Å². The van der Waals surface area contributed by atoms with Gasteiger partial charge in [0.2, 0.25) is 5.91 Å². The SMILES string of the molecule is O=C(CCc1nc2ccccc2c(=O)[nH]1)NC1CCN(Cc2ccc(F)cc2)CC1. The van der Waals surface area contributed by atoms with E-state index in [1.807, 2.05) is 18.2 Å². The number of carbonyl (C=O) groups excluding carboxylic acids is 1. The molecule has 1 saturated heterocycles. The van der Waals surface area contributed by atoms with E-state index in [-0.39, 0.29) is 29.7 Å². The van der Waals surface area contributed by atoms with Crippen LogP contribution >= 0.6 is 0 Å². The van der Waals surface area contributed by atoms with Crippen molar-refractivity contribution < 1.29 is 9.18 Å². The number of likely N-dealkylation sites (tertiary alicyclic amines) is 1. The van der Waals surface area contributed by atoms with E-state index in [2.05, 4.69) is 20.2 Å². The Bertz CT molecular complexity index is 1070. The molecule has 0 aliphatic carbocycles. The van der Waals surface area contributed by atoms with Crippen LogP contribution in [-0.4, -0.2) is 39.9 Å². The highest BCUT2D eigenvalue weighted by atomic mass is 19.1. The maximum absolute atomic E-state index is 13.0. The first-order valence-corrected chi connectivity index (χ1v) is 10.3. The van der Waals surface area contributed by atoms with Gasteiger partial charge in [-0.3, -0.25) is 14.5 Å². The Labute approximate surface area is 174 Å². The van der Waals surface area contributed by atoms with Crippen molar-refractivity contribution in [2.75, 3.05) is 13.1 Å². The van der Waals surface area contributed by atoms with Crippen LogP contribution in [0.4, 0.5) is 4.39 Å². The fourth-order valence-electron chi connectivity index (χ4n) is 3.87. The molecule has 6 nitrogen and oxygen atoms in total. The Kier molecular flexibility index (Phi) is 6.18. The highest BCUT2D eigenvalue weighted by Crippen LogP contribution is 2.15. The number of hydrogen-bond donors (Lipinski definition) is 2. The summed E-state index contributed by atoms with van der Waals surface area (Å²) in [6, 6.07) is 13.9. The molecule has 7 heteroatoms. The summed E-state index contributed by atoms with van der Waals surface area (Å²) in [5, 5.41) is 3.65. The number of nitrogens with one attached hydrogen (secondary N) is 2. The van der Waals surface area contributed by atoms with E-state index in [1.165, 1.54) is 12.1 Å². The Morgan fingerprint density at radius 3 is 2.63 bits per heavy atom. The number of halogens is 1. The smallest absolute Gasteiger partial charge is 0.258 e. The average molecular weight is 408 g/mol. The summed E-state index contributed by atoms with van der Waals surface area (Å²) in [6.45, 7) is 2.58. The molecule has 0 radical (unpaired) electrons. The second kappa shape index (κ2) is 9.17. The van der Waals surface area contributed by atoms with E-state index in [4.69, 9.17) is 0 Å². The summed E-state index contributed by atoms with van der Waals surface area (Å²) in [5.41, 5.74) is 1.56. The molecular formula is C23H25FN4O2. The van der Waals surface area contributed by atoms with E-state index in [9.17, 15) is 14.0 Å². The topological polar surface area (TPSA) is 78.1 Å². The summed E-state index contributed by atoms with van der Waals surface area (Å²) in [6.07, 6.45) is 2.46. The number of amides is 1. The molecule has 0 spiro atoms. The van der Waals surface area contributed by atoms with Crippen molar-refractivity contribution in [1.82, 2.24) is 20.2 Å². The molecule has 4 rings (SSSR count). The predicted octanol–water partition coefficient (Wildman–Crippen LogP) is 2.78. The number of hydrogen-bond acceptors (Lipinski definition) is 4.